The van der Waals surface area contributed by atoms with E-state index in [1.807, 2.05) is 0 Å². The van der Waals surface area contributed by atoms with Crippen LogP contribution in [0.15, 0.2) is 48.5 Å². The Morgan fingerprint density at radius 3 is 2.35 bits per heavy atom. The minimum Gasteiger partial charge on any atom is -0.481 e. The highest BCUT2D eigenvalue weighted by Gasteiger charge is 2.15. The van der Waals surface area contributed by atoms with Crippen LogP contribution in [0.1, 0.15) is 15.9 Å². The van der Waals surface area contributed by atoms with Gasteiger partial charge in [0.25, 0.3) is 0 Å². The molecule has 0 spiro atoms. The zero-order chi connectivity index (χ0) is 14.5. The van der Waals surface area contributed by atoms with Gasteiger partial charge in [-0.05, 0) is 36.4 Å². The lowest BCUT2D eigenvalue weighted by Gasteiger charge is -2.09. The molecule has 0 heterocycles. The molecule has 2 rings (SSSR count). The van der Waals surface area contributed by atoms with Gasteiger partial charge in [0.2, 0.25) is 0 Å². The Kier molecular flexibility index (Phi) is 4.10. The van der Waals surface area contributed by atoms with E-state index in [-0.39, 0.29) is 17.1 Å². The first-order chi connectivity index (χ1) is 9.58. The number of ether oxygens (including phenoxy) is 1. The summed E-state index contributed by atoms with van der Waals surface area (Å²) in [6, 6.07) is 11.4. The van der Waals surface area contributed by atoms with Crippen molar-refractivity contribution in [1.29, 1.82) is 0 Å². The highest BCUT2D eigenvalue weighted by molar-refractivity contribution is 6.10. The number of carboxylic acid groups (broad SMARTS) is 1. The third-order valence-corrected chi connectivity index (χ3v) is 2.59. The van der Waals surface area contributed by atoms with E-state index in [0.717, 1.165) is 0 Å². The van der Waals surface area contributed by atoms with Gasteiger partial charge in [0.1, 0.15) is 11.6 Å². The maximum atomic E-state index is 12.8. The van der Waals surface area contributed by atoms with Crippen LogP contribution in [-0.4, -0.2) is 23.5 Å². The van der Waals surface area contributed by atoms with Gasteiger partial charge in [-0.25, -0.2) is 9.18 Å². The lowest BCUT2D eigenvalue weighted by Crippen LogP contribution is -2.12. The number of carboxylic acids is 1. The quantitative estimate of drug-likeness (QED) is 0.851. The number of hydrogen-bond acceptors (Lipinski definition) is 3. The summed E-state index contributed by atoms with van der Waals surface area (Å²) >= 11 is 0. The number of benzene rings is 2. The molecule has 0 aromatic heterocycles. The van der Waals surface area contributed by atoms with E-state index in [4.69, 9.17) is 9.84 Å². The Labute approximate surface area is 114 Å². The second kappa shape index (κ2) is 5.97. The maximum absolute atomic E-state index is 12.8. The number of halogens is 1. The molecule has 0 saturated carbocycles. The Hall–Kier alpha value is -2.69. The Morgan fingerprint density at radius 1 is 1.05 bits per heavy atom. The largest absolute Gasteiger partial charge is 0.481 e. The van der Waals surface area contributed by atoms with Crippen LogP contribution in [0, 0.1) is 5.82 Å². The standard InChI is InChI=1S/C15H11FO4/c16-11-7-5-10(6-8-11)15(19)12-3-1-2-4-13(12)20-9-14(17)18/h1-8H,9H2,(H,17,18). The van der Waals surface area contributed by atoms with Crippen LogP contribution in [-0.2, 0) is 4.79 Å². The molecule has 2 aromatic rings. The summed E-state index contributed by atoms with van der Waals surface area (Å²) in [6.45, 7) is -0.534. The van der Waals surface area contributed by atoms with E-state index < -0.39 is 18.4 Å². The first-order valence-electron chi connectivity index (χ1n) is 5.82. The highest BCUT2D eigenvalue weighted by atomic mass is 19.1. The van der Waals surface area contributed by atoms with Gasteiger partial charge in [0.05, 0.1) is 5.56 Å². The maximum Gasteiger partial charge on any atom is 0.341 e. The summed E-state index contributed by atoms with van der Waals surface area (Å²) in [7, 11) is 0. The van der Waals surface area contributed by atoms with E-state index >= 15 is 0 Å². The minimum atomic E-state index is -1.13. The number of hydrogen-bond donors (Lipinski definition) is 1. The lowest BCUT2D eigenvalue weighted by molar-refractivity contribution is -0.139. The average Bonchev–Trinajstić information content (AvgIpc) is 2.45. The lowest BCUT2D eigenvalue weighted by atomic mass is 10.0. The summed E-state index contributed by atoms with van der Waals surface area (Å²) < 4.78 is 17.9. The fourth-order valence-corrected chi connectivity index (χ4v) is 1.68. The molecule has 0 fully saturated rings. The van der Waals surface area contributed by atoms with E-state index in [1.54, 1.807) is 12.1 Å². The first-order valence-corrected chi connectivity index (χ1v) is 5.82. The Morgan fingerprint density at radius 2 is 1.70 bits per heavy atom. The van der Waals surface area contributed by atoms with Gasteiger partial charge in [-0.1, -0.05) is 12.1 Å². The SMILES string of the molecule is O=C(O)COc1ccccc1C(=O)c1ccc(F)cc1. The molecule has 2 aromatic carbocycles. The molecule has 5 heteroatoms. The number of carbonyl (C=O) groups excluding carboxylic acids is 1. The van der Waals surface area contributed by atoms with Crippen LogP contribution >= 0.6 is 0 Å². The Balaban J connectivity index is 2.29. The third-order valence-electron chi connectivity index (χ3n) is 2.59. The van der Waals surface area contributed by atoms with Crippen LogP contribution in [0.4, 0.5) is 4.39 Å². The van der Waals surface area contributed by atoms with E-state index in [9.17, 15) is 14.0 Å². The predicted molar refractivity (Wildman–Crippen MR) is 69.4 cm³/mol. The van der Waals surface area contributed by atoms with Gasteiger partial charge in [-0.15, -0.1) is 0 Å². The molecule has 0 radical (unpaired) electrons. The first kappa shape index (κ1) is 13.7. The molecular weight excluding hydrogens is 263 g/mol. The van der Waals surface area contributed by atoms with E-state index in [1.165, 1.54) is 36.4 Å². The fraction of sp³-hybridized carbons (Fsp3) is 0.0667. The monoisotopic (exact) mass is 274 g/mol. The molecule has 0 bridgehead atoms. The van der Waals surface area contributed by atoms with Crippen molar-refractivity contribution in [2.45, 2.75) is 0 Å². The van der Waals surface area contributed by atoms with Crippen LogP contribution in [0.25, 0.3) is 0 Å². The van der Waals surface area contributed by atoms with Crippen molar-refractivity contribution in [2.75, 3.05) is 6.61 Å². The molecule has 4 nitrogen and oxygen atoms in total. The molecule has 0 aliphatic carbocycles. The van der Waals surface area contributed by atoms with Crippen molar-refractivity contribution < 1.29 is 23.8 Å². The predicted octanol–water partition coefficient (Wildman–Crippen LogP) is 2.52. The molecular formula is C15H11FO4. The van der Waals surface area contributed by atoms with Crippen LogP contribution < -0.4 is 4.74 Å². The average molecular weight is 274 g/mol. The van der Waals surface area contributed by atoms with Crippen molar-refractivity contribution in [1.82, 2.24) is 0 Å². The molecule has 0 aliphatic rings. The number of ketones is 1. The summed E-state index contributed by atoms with van der Waals surface area (Å²) in [5, 5.41) is 8.60. The molecule has 0 unspecified atom stereocenters. The van der Waals surface area contributed by atoms with Crippen molar-refractivity contribution >= 4 is 11.8 Å². The van der Waals surface area contributed by atoms with Crippen LogP contribution in [0.3, 0.4) is 0 Å². The Bertz CT molecular complexity index is 635. The van der Waals surface area contributed by atoms with Gasteiger partial charge in [-0.2, -0.15) is 0 Å². The summed E-state index contributed by atoms with van der Waals surface area (Å²) in [4.78, 5) is 22.8. The molecule has 0 amide bonds. The topological polar surface area (TPSA) is 63.6 Å². The zero-order valence-electron chi connectivity index (χ0n) is 10.4. The van der Waals surface area contributed by atoms with Crippen molar-refractivity contribution in [2.24, 2.45) is 0 Å². The normalized spacial score (nSPS) is 10.1. The van der Waals surface area contributed by atoms with Gasteiger partial charge in [0, 0.05) is 5.56 Å². The summed E-state index contributed by atoms with van der Waals surface area (Å²) in [5.74, 6) is -1.73. The summed E-state index contributed by atoms with van der Waals surface area (Å²) in [5.41, 5.74) is 0.540. The van der Waals surface area contributed by atoms with Crippen molar-refractivity contribution in [3.8, 4) is 5.75 Å². The molecule has 1 N–H and O–H groups in total. The van der Waals surface area contributed by atoms with Gasteiger partial charge >= 0.3 is 5.97 Å². The number of rotatable bonds is 5. The van der Waals surface area contributed by atoms with Gasteiger partial charge in [0.15, 0.2) is 12.4 Å². The molecule has 0 aliphatic heterocycles. The van der Waals surface area contributed by atoms with Gasteiger partial charge in [-0.3, -0.25) is 4.79 Å². The summed E-state index contributed by atoms with van der Waals surface area (Å²) in [6.07, 6.45) is 0. The molecule has 0 atom stereocenters. The van der Waals surface area contributed by atoms with Crippen molar-refractivity contribution in [3.05, 3.63) is 65.5 Å². The zero-order valence-corrected chi connectivity index (χ0v) is 10.4. The van der Waals surface area contributed by atoms with Crippen molar-refractivity contribution in [3.63, 3.8) is 0 Å². The van der Waals surface area contributed by atoms with Gasteiger partial charge < -0.3 is 9.84 Å². The number of aliphatic carboxylic acids is 1. The third kappa shape index (κ3) is 3.20. The van der Waals surface area contributed by atoms with E-state index in [0.29, 0.717) is 5.56 Å². The second-order valence-corrected chi connectivity index (χ2v) is 4.01. The van der Waals surface area contributed by atoms with E-state index in [2.05, 4.69) is 0 Å². The highest BCUT2D eigenvalue weighted by Crippen LogP contribution is 2.21. The second-order valence-electron chi connectivity index (χ2n) is 4.01. The fourth-order valence-electron chi connectivity index (χ4n) is 1.68. The number of carbonyl (C=O) groups is 2. The van der Waals surface area contributed by atoms with Crippen LogP contribution in [0.2, 0.25) is 0 Å². The van der Waals surface area contributed by atoms with Crippen LogP contribution in [0.5, 0.6) is 5.75 Å². The molecule has 0 saturated heterocycles. The minimum absolute atomic E-state index is 0.184. The smallest absolute Gasteiger partial charge is 0.341 e. The molecule has 20 heavy (non-hydrogen) atoms. The molecule has 102 valence electrons. The number of para-hydroxylation sites is 1.